The Morgan fingerprint density at radius 1 is 0.966 bits per heavy atom. The molecule has 2 saturated heterocycles. The fourth-order valence-corrected chi connectivity index (χ4v) is 4.06. The van der Waals surface area contributed by atoms with Crippen LogP contribution in [-0.2, 0) is 4.74 Å². The van der Waals surface area contributed by atoms with Crippen LogP contribution in [0, 0.1) is 0 Å². The Labute approximate surface area is 180 Å². The average Bonchev–Trinajstić information content (AvgIpc) is 2.77. The third-order valence-electron chi connectivity index (χ3n) is 5.56. The van der Waals surface area contributed by atoms with E-state index in [0.29, 0.717) is 0 Å². The Bertz CT molecular complexity index is 629. The lowest BCUT2D eigenvalue weighted by atomic mass is 10.2. The van der Waals surface area contributed by atoms with E-state index in [1.165, 1.54) is 0 Å². The van der Waals surface area contributed by atoms with Crippen LogP contribution >= 0.6 is 11.6 Å². The molecule has 162 valence electrons. The first-order valence-corrected chi connectivity index (χ1v) is 11.1. The molecule has 7 nitrogen and oxygen atoms in total. The Morgan fingerprint density at radius 2 is 1.66 bits per heavy atom. The second kappa shape index (κ2) is 12.2. The third-order valence-corrected chi connectivity index (χ3v) is 5.88. The summed E-state index contributed by atoms with van der Waals surface area (Å²) in [5.74, 6) is 0.891. The number of benzene rings is 1. The van der Waals surface area contributed by atoms with Gasteiger partial charge in [-0.25, -0.2) is 0 Å². The molecule has 0 radical (unpaired) electrons. The largest absolute Gasteiger partial charge is 0.379 e. The minimum Gasteiger partial charge on any atom is -0.379 e. The van der Waals surface area contributed by atoms with E-state index >= 15 is 0 Å². The SMILES string of the molecule is CN=C(NCCCN1CCN(c2ccccc2Cl)CC1)NCCN1CCOCC1. The molecule has 1 aromatic carbocycles. The summed E-state index contributed by atoms with van der Waals surface area (Å²) < 4.78 is 5.39. The molecule has 1 aromatic rings. The number of guanidine groups is 1. The summed E-state index contributed by atoms with van der Waals surface area (Å²) in [4.78, 5) is 11.7. The molecule has 3 rings (SSSR count). The smallest absolute Gasteiger partial charge is 0.191 e. The van der Waals surface area contributed by atoms with Gasteiger partial charge in [-0.2, -0.15) is 0 Å². The molecular formula is C21H35ClN6O. The van der Waals surface area contributed by atoms with E-state index in [1.54, 1.807) is 0 Å². The molecule has 8 heteroatoms. The summed E-state index contributed by atoms with van der Waals surface area (Å²) in [5, 5.41) is 7.68. The van der Waals surface area contributed by atoms with Crippen molar-refractivity contribution in [3.8, 4) is 0 Å². The van der Waals surface area contributed by atoms with E-state index < -0.39 is 0 Å². The number of nitrogens with zero attached hydrogens (tertiary/aromatic N) is 4. The lowest BCUT2D eigenvalue weighted by Gasteiger charge is -2.36. The number of piperazine rings is 1. The molecule has 0 unspecified atom stereocenters. The first-order valence-electron chi connectivity index (χ1n) is 10.7. The Balaban J connectivity index is 1.26. The highest BCUT2D eigenvalue weighted by atomic mass is 35.5. The predicted molar refractivity (Wildman–Crippen MR) is 121 cm³/mol. The maximum absolute atomic E-state index is 6.33. The zero-order valence-electron chi connectivity index (χ0n) is 17.6. The standard InChI is InChI=1S/C21H35ClN6O/c1-23-21(25-8-10-27-15-17-29-18-16-27)24-7-4-9-26-11-13-28(14-12-26)20-6-3-2-5-19(20)22/h2-3,5-6H,4,7-18H2,1H3,(H2,23,24,25). The van der Waals surface area contributed by atoms with Gasteiger partial charge < -0.3 is 20.3 Å². The van der Waals surface area contributed by atoms with Gasteiger partial charge in [0.15, 0.2) is 5.96 Å². The van der Waals surface area contributed by atoms with Crippen molar-refractivity contribution in [1.82, 2.24) is 20.4 Å². The molecule has 0 saturated carbocycles. The molecule has 2 heterocycles. The average molecular weight is 423 g/mol. The second-order valence-corrected chi connectivity index (χ2v) is 7.92. The molecule has 0 spiro atoms. The number of ether oxygens (including phenoxy) is 1. The summed E-state index contributed by atoms with van der Waals surface area (Å²) >= 11 is 6.33. The van der Waals surface area contributed by atoms with Crippen molar-refractivity contribution in [1.29, 1.82) is 0 Å². The van der Waals surface area contributed by atoms with Gasteiger partial charge in [0.2, 0.25) is 0 Å². The van der Waals surface area contributed by atoms with Crippen LogP contribution in [0.4, 0.5) is 5.69 Å². The number of halogens is 1. The highest BCUT2D eigenvalue weighted by Crippen LogP contribution is 2.25. The quantitative estimate of drug-likeness (QED) is 0.374. The zero-order chi connectivity index (χ0) is 20.3. The topological polar surface area (TPSA) is 55.4 Å². The molecule has 2 fully saturated rings. The van der Waals surface area contributed by atoms with Gasteiger partial charge in [0.25, 0.3) is 0 Å². The number of aliphatic imine (C=N–C) groups is 1. The van der Waals surface area contributed by atoms with E-state index in [4.69, 9.17) is 16.3 Å². The predicted octanol–water partition coefficient (Wildman–Crippen LogP) is 1.35. The van der Waals surface area contributed by atoms with E-state index in [9.17, 15) is 0 Å². The van der Waals surface area contributed by atoms with Gasteiger partial charge in [-0.05, 0) is 25.1 Å². The molecule has 0 atom stereocenters. The number of anilines is 1. The van der Waals surface area contributed by atoms with Crippen LogP contribution in [0.5, 0.6) is 0 Å². The van der Waals surface area contributed by atoms with Crippen LogP contribution in [0.2, 0.25) is 5.02 Å². The molecule has 2 N–H and O–H groups in total. The Morgan fingerprint density at radius 3 is 2.38 bits per heavy atom. The Hall–Kier alpha value is -1.54. The third kappa shape index (κ3) is 7.33. The number of hydrogen-bond acceptors (Lipinski definition) is 5. The van der Waals surface area contributed by atoms with E-state index in [1.807, 2.05) is 19.2 Å². The van der Waals surface area contributed by atoms with Crippen LogP contribution < -0.4 is 15.5 Å². The minimum absolute atomic E-state index is 0.845. The van der Waals surface area contributed by atoms with Crippen molar-refractivity contribution < 1.29 is 4.74 Å². The van der Waals surface area contributed by atoms with Gasteiger partial charge >= 0.3 is 0 Å². The van der Waals surface area contributed by atoms with Crippen molar-refractivity contribution in [2.75, 3.05) is 90.6 Å². The van der Waals surface area contributed by atoms with Crippen molar-refractivity contribution >= 4 is 23.2 Å². The minimum atomic E-state index is 0.845. The summed E-state index contributed by atoms with van der Waals surface area (Å²) in [7, 11) is 1.83. The molecule has 29 heavy (non-hydrogen) atoms. The van der Waals surface area contributed by atoms with Crippen molar-refractivity contribution in [3.63, 3.8) is 0 Å². The number of nitrogens with one attached hydrogen (secondary N) is 2. The van der Waals surface area contributed by atoms with Crippen LogP contribution in [0.3, 0.4) is 0 Å². The summed E-state index contributed by atoms with van der Waals surface area (Å²) in [5.41, 5.74) is 1.16. The molecule has 2 aliphatic heterocycles. The van der Waals surface area contributed by atoms with Crippen LogP contribution in [-0.4, -0.2) is 101 Å². The van der Waals surface area contributed by atoms with Crippen LogP contribution in [0.25, 0.3) is 0 Å². The summed E-state index contributed by atoms with van der Waals surface area (Å²) in [6.45, 7) is 11.9. The maximum Gasteiger partial charge on any atom is 0.191 e. The van der Waals surface area contributed by atoms with Crippen molar-refractivity contribution in [2.24, 2.45) is 4.99 Å². The normalized spacial score (nSPS) is 19.4. The highest BCUT2D eigenvalue weighted by Gasteiger charge is 2.18. The molecule has 0 aliphatic carbocycles. The number of hydrogen-bond donors (Lipinski definition) is 2. The van der Waals surface area contributed by atoms with Gasteiger partial charge in [0.1, 0.15) is 0 Å². The summed E-state index contributed by atoms with van der Waals surface area (Å²) in [6, 6.07) is 8.12. The van der Waals surface area contributed by atoms with Gasteiger partial charge in [0.05, 0.1) is 23.9 Å². The van der Waals surface area contributed by atoms with Crippen LogP contribution in [0.1, 0.15) is 6.42 Å². The van der Waals surface area contributed by atoms with Crippen molar-refractivity contribution in [2.45, 2.75) is 6.42 Å². The Kier molecular flexibility index (Phi) is 9.34. The molecule has 0 bridgehead atoms. The lowest BCUT2D eigenvalue weighted by molar-refractivity contribution is 0.0389. The first-order chi connectivity index (χ1) is 14.3. The highest BCUT2D eigenvalue weighted by molar-refractivity contribution is 6.33. The molecular weight excluding hydrogens is 388 g/mol. The monoisotopic (exact) mass is 422 g/mol. The van der Waals surface area contributed by atoms with Gasteiger partial charge in [-0.15, -0.1) is 0 Å². The lowest BCUT2D eigenvalue weighted by Crippen LogP contribution is -2.47. The van der Waals surface area contributed by atoms with E-state index in [2.05, 4.69) is 42.5 Å². The molecule has 0 amide bonds. The fourth-order valence-electron chi connectivity index (χ4n) is 3.81. The summed E-state index contributed by atoms with van der Waals surface area (Å²) in [6.07, 6.45) is 1.11. The molecule has 2 aliphatic rings. The maximum atomic E-state index is 6.33. The fraction of sp³-hybridized carbons (Fsp3) is 0.667. The van der Waals surface area contributed by atoms with E-state index in [-0.39, 0.29) is 0 Å². The number of morpholine rings is 1. The number of para-hydroxylation sites is 1. The molecule has 0 aromatic heterocycles. The second-order valence-electron chi connectivity index (χ2n) is 7.51. The van der Waals surface area contributed by atoms with Gasteiger partial charge in [0, 0.05) is 66.0 Å². The van der Waals surface area contributed by atoms with Crippen LogP contribution in [0.15, 0.2) is 29.3 Å². The number of rotatable bonds is 8. The first kappa shape index (κ1) is 22.2. The van der Waals surface area contributed by atoms with Gasteiger partial charge in [-0.1, -0.05) is 23.7 Å². The van der Waals surface area contributed by atoms with E-state index in [0.717, 1.165) is 102 Å². The van der Waals surface area contributed by atoms with Gasteiger partial charge in [-0.3, -0.25) is 14.8 Å². The zero-order valence-corrected chi connectivity index (χ0v) is 18.3. The van der Waals surface area contributed by atoms with Crippen molar-refractivity contribution in [3.05, 3.63) is 29.3 Å².